The van der Waals surface area contributed by atoms with Gasteiger partial charge in [0.25, 0.3) is 0 Å². The molecule has 4 nitrogen and oxygen atoms in total. The lowest BCUT2D eigenvalue weighted by Gasteiger charge is -2.26. The minimum absolute atomic E-state index is 0.0146. The van der Waals surface area contributed by atoms with Gasteiger partial charge in [0, 0.05) is 18.6 Å². The van der Waals surface area contributed by atoms with Gasteiger partial charge in [-0.3, -0.25) is 4.79 Å². The second-order valence-corrected chi connectivity index (χ2v) is 5.50. The zero-order chi connectivity index (χ0) is 13.0. The zero-order valence-electron chi connectivity index (χ0n) is 11.0. The average Bonchev–Trinajstić information content (AvgIpc) is 2.87. The fraction of sp³-hybridized carbons (Fsp3) is 0.786. The largest absolute Gasteiger partial charge is 0.273 e. The molecule has 1 aliphatic carbocycles. The molecule has 0 bridgehead atoms. The lowest BCUT2D eigenvalue weighted by molar-refractivity contribution is -0.136. The van der Waals surface area contributed by atoms with Gasteiger partial charge in [0.05, 0.1) is 6.07 Å². The van der Waals surface area contributed by atoms with Crippen molar-refractivity contribution in [2.45, 2.75) is 57.9 Å². The van der Waals surface area contributed by atoms with Gasteiger partial charge in [0.15, 0.2) is 0 Å². The second kappa shape index (κ2) is 5.99. The molecule has 2 rings (SSSR count). The van der Waals surface area contributed by atoms with Gasteiger partial charge in [0.1, 0.15) is 6.04 Å². The molecule has 1 aliphatic heterocycles. The topological polar surface area (TPSA) is 56.5 Å². The first-order valence-electron chi connectivity index (χ1n) is 6.97. The van der Waals surface area contributed by atoms with E-state index < -0.39 is 0 Å². The molecular weight excluding hydrogens is 226 g/mol. The van der Waals surface area contributed by atoms with Crippen LogP contribution in [0.15, 0.2) is 5.10 Å². The number of hydrogen-bond acceptors (Lipinski definition) is 3. The fourth-order valence-electron chi connectivity index (χ4n) is 2.98. The van der Waals surface area contributed by atoms with E-state index in [1.165, 1.54) is 37.1 Å². The molecule has 0 N–H and O–H groups in total. The lowest BCUT2D eigenvalue weighted by atomic mass is 9.83. The first-order valence-corrected chi connectivity index (χ1v) is 6.97. The van der Waals surface area contributed by atoms with Crippen molar-refractivity contribution < 1.29 is 4.79 Å². The van der Waals surface area contributed by atoms with E-state index in [-0.39, 0.29) is 17.9 Å². The van der Waals surface area contributed by atoms with Crippen molar-refractivity contribution in [2.75, 3.05) is 0 Å². The molecule has 0 saturated heterocycles. The number of nitriles is 1. The summed E-state index contributed by atoms with van der Waals surface area (Å²) in [4.78, 5) is 12.2. The van der Waals surface area contributed by atoms with Crippen LogP contribution in [0.1, 0.15) is 51.9 Å². The van der Waals surface area contributed by atoms with E-state index in [0.717, 1.165) is 6.42 Å². The fourth-order valence-corrected chi connectivity index (χ4v) is 2.98. The van der Waals surface area contributed by atoms with E-state index in [2.05, 4.69) is 11.2 Å². The maximum absolute atomic E-state index is 12.2. The third-order valence-corrected chi connectivity index (χ3v) is 4.04. The normalized spacial score (nSPS) is 26.0. The quantitative estimate of drug-likeness (QED) is 0.770. The first-order chi connectivity index (χ1) is 8.72. The molecule has 1 fully saturated rings. The summed E-state index contributed by atoms with van der Waals surface area (Å²) in [7, 11) is 0. The smallest absolute Gasteiger partial charge is 0.246 e. The van der Waals surface area contributed by atoms with Gasteiger partial charge in [-0.25, -0.2) is 5.01 Å². The molecule has 1 amide bonds. The molecule has 2 aliphatic rings. The maximum atomic E-state index is 12.2. The average molecular weight is 247 g/mol. The highest BCUT2D eigenvalue weighted by atomic mass is 16.2. The van der Waals surface area contributed by atoms with Gasteiger partial charge < -0.3 is 0 Å². The highest BCUT2D eigenvalue weighted by Crippen LogP contribution is 2.30. The van der Waals surface area contributed by atoms with Gasteiger partial charge in [-0.2, -0.15) is 10.4 Å². The molecule has 0 aromatic carbocycles. The summed E-state index contributed by atoms with van der Waals surface area (Å²) in [5.74, 6) is 0.685. The number of rotatable bonds is 3. The predicted octanol–water partition coefficient (Wildman–Crippen LogP) is 2.70. The molecule has 0 aromatic rings. The van der Waals surface area contributed by atoms with E-state index >= 15 is 0 Å². The molecule has 98 valence electrons. The van der Waals surface area contributed by atoms with Crippen LogP contribution in [-0.4, -0.2) is 23.2 Å². The number of carbonyl (C=O) groups is 1. The van der Waals surface area contributed by atoms with Crippen LogP contribution in [0.4, 0.5) is 0 Å². The first kappa shape index (κ1) is 13.1. The van der Waals surface area contributed by atoms with E-state index in [4.69, 9.17) is 5.26 Å². The standard InChI is InChI=1S/C14H21N3O/c1-11(9-12-5-3-2-4-6-12)14(18)17-13(10-15)7-8-16-17/h8,11-13H,2-7,9H2,1H3/t11-,13?/m0/s1. The molecule has 1 heterocycles. The van der Waals surface area contributed by atoms with Crippen molar-refractivity contribution in [1.82, 2.24) is 5.01 Å². The highest BCUT2D eigenvalue weighted by Gasteiger charge is 2.31. The Labute approximate surface area is 109 Å². The second-order valence-electron chi connectivity index (χ2n) is 5.50. The van der Waals surface area contributed by atoms with E-state index in [0.29, 0.717) is 12.3 Å². The van der Waals surface area contributed by atoms with Crippen molar-refractivity contribution >= 4 is 12.1 Å². The summed E-state index contributed by atoms with van der Waals surface area (Å²) in [5, 5.41) is 14.4. The lowest BCUT2D eigenvalue weighted by Crippen LogP contribution is -2.36. The Morgan fingerprint density at radius 1 is 1.50 bits per heavy atom. The molecule has 18 heavy (non-hydrogen) atoms. The molecule has 1 unspecified atom stereocenters. The SMILES string of the molecule is C[C@@H](CC1CCCCC1)C(=O)N1N=CCC1C#N. The third kappa shape index (κ3) is 2.90. The molecule has 0 spiro atoms. The number of carbonyl (C=O) groups excluding carboxylic acids is 1. The summed E-state index contributed by atoms with van der Waals surface area (Å²) in [6.45, 7) is 1.97. The summed E-state index contributed by atoms with van der Waals surface area (Å²) in [6, 6.07) is 1.75. The van der Waals surface area contributed by atoms with Crippen LogP contribution in [-0.2, 0) is 4.79 Å². The molecule has 2 atom stereocenters. The van der Waals surface area contributed by atoms with Gasteiger partial charge in [-0.15, -0.1) is 0 Å². The minimum atomic E-state index is -0.383. The Balaban J connectivity index is 1.88. The van der Waals surface area contributed by atoms with Crippen LogP contribution in [0.5, 0.6) is 0 Å². The monoisotopic (exact) mass is 247 g/mol. The third-order valence-electron chi connectivity index (χ3n) is 4.04. The predicted molar refractivity (Wildman–Crippen MR) is 69.7 cm³/mol. The summed E-state index contributed by atoms with van der Waals surface area (Å²) >= 11 is 0. The van der Waals surface area contributed by atoms with Crippen molar-refractivity contribution in [2.24, 2.45) is 16.9 Å². The van der Waals surface area contributed by atoms with Crippen LogP contribution in [0.2, 0.25) is 0 Å². The van der Waals surface area contributed by atoms with Gasteiger partial charge in [-0.1, -0.05) is 39.0 Å². The van der Waals surface area contributed by atoms with Crippen LogP contribution < -0.4 is 0 Å². The Morgan fingerprint density at radius 2 is 2.22 bits per heavy atom. The van der Waals surface area contributed by atoms with E-state index in [9.17, 15) is 4.79 Å². The van der Waals surface area contributed by atoms with Crippen LogP contribution in [0, 0.1) is 23.2 Å². The Kier molecular flexibility index (Phi) is 4.35. The van der Waals surface area contributed by atoms with Crippen LogP contribution >= 0.6 is 0 Å². The van der Waals surface area contributed by atoms with Crippen LogP contribution in [0.3, 0.4) is 0 Å². The molecular formula is C14H21N3O. The minimum Gasteiger partial charge on any atom is -0.273 e. The summed E-state index contributed by atoms with van der Waals surface area (Å²) in [6.07, 6.45) is 9.62. The highest BCUT2D eigenvalue weighted by molar-refractivity contribution is 5.81. The van der Waals surface area contributed by atoms with Gasteiger partial charge in [0.2, 0.25) is 5.91 Å². The number of nitrogens with zero attached hydrogens (tertiary/aromatic N) is 3. The Morgan fingerprint density at radius 3 is 2.89 bits per heavy atom. The molecule has 4 heteroatoms. The van der Waals surface area contributed by atoms with Crippen molar-refractivity contribution in [3.63, 3.8) is 0 Å². The number of hydrogen-bond donors (Lipinski definition) is 0. The van der Waals surface area contributed by atoms with Crippen molar-refractivity contribution in [1.29, 1.82) is 5.26 Å². The Hall–Kier alpha value is -1.37. The van der Waals surface area contributed by atoms with E-state index in [1.54, 1.807) is 6.21 Å². The van der Waals surface area contributed by atoms with Crippen LogP contribution in [0.25, 0.3) is 0 Å². The maximum Gasteiger partial charge on any atom is 0.246 e. The van der Waals surface area contributed by atoms with Crippen molar-refractivity contribution in [3.8, 4) is 6.07 Å². The molecule has 1 saturated carbocycles. The number of hydrazone groups is 1. The van der Waals surface area contributed by atoms with Gasteiger partial charge in [-0.05, 0) is 12.3 Å². The molecule has 0 radical (unpaired) electrons. The zero-order valence-corrected chi connectivity index (χ0v) is 11.0. The Bertz CT molecular complexity index is 366. The van der Waals surface area contributed by atoms with Gasteiger partial charge >= 0.3 is 0 Å². The summed E-state index contributed by atoms with van der Waals surface area (Å²) in [5.41, 5.74) is 0. The molecule has 0 aromatic heterocycles. The van der Waals surface area contributed by atoms with Crippen molar-refractivity contribution in [3.05, 3.63) is 0 Å². The number of amides is 1. The van der Waals surface area contributed by atoms with E-state index in [1.807, 2.05) is 6.92 Å². The summed E-state index contributed by atoms with van der Waals surface area (Å²) < 4.78 is 0.